The van der Waals surface area contributed by atoms with Crippen LogP contribution in [0.2, 0.25) is 0 Å². The van der Waals surface area contributed by atoms with Gasteiger partial charge in [-0.25, -0.2) is 0 Å². The van der Waals surface area contributed by atoms with Crippen LogP contribution in [0.25, 0.3) is 0 Å². The number of piperidine rings is 2. The second-order valence-corrected chi connectivity index (χ2v) is 7.51. The van der Waals surface area contributed by atoms with Crippen LogP contribution in [0.4, 0.5) is 0 Å². The van der Waals surface area contributed by atoms with Gasteiger partial charge in [-0.2, -0.15) is 0 Å². The Morgan fingerprint density at radius 1 is 0.909 bits per heavy atom. The third-order valence-electron chi connectivity index (χ3n) is 6.12. The molecule has 4 heteroatoms. The van der Waals surface area contributed by atoms with Gasteiger partial charge in [-0.15, -0.1) is 0 Å². The van der Waals surface area contributed by atoms with Crippen LogP contribution in [0, 0.1) is 5.92 Å². The molecule has 3 saturated heterocycles. The fourth-order valence-electron chi connectivity index (χ4n) is 4.80. The summed E-state index contributed by atoms with van der Waals surface area (Å²) in [6.07, 6.45) is 8.30. The summed E-state index contributed by atoms with van der Waals surface area (Å²) in [5.74, 6) is 0.867. The molecule has 0 aromatic carbocycles. The molecule has 3 atom stereocenters. The monoisotopic (exact) mass is 308 g/mol. The lowest BCUT2D eigenvalue weighted by molar-refractivity contribution is 0.0597. The van der Waals surface area contributed by atoms with E-state index in [2.05, 4.69) is 27.4 Å². The Bertz CT molecular complexity index is 314. The van der Waals surface area contributed by atoms with Crippen LogP contribution < -0.4 is 10.6 Å². The largest absolute Gasteiger partial charge is 0.315 e. The first kappa shape index (κ1) is 16.7. The molecule has 0 aromatic heterocycles. The summed E-state index contributed by atoms with van der Waals surface area (Å²) in [6, 6.07) is 1.61. The molecule has 0 bridgehead atoms. The second-order valence-electron chi connectivity index (χ2n) is 7.51. The molecule has 4 nitrogen and oxygen atoms in total. The van der Waals surface area contributed by atoms with Gasteiger partial charge in [0, 0.05) is 38.3 Å². The fraction of sp³-hybridized carbons (Fsp3) is 1.00. The van der Waals surface area contributed by atoms with Gasteiger partial charge in [-0.3, -0.25) is 4.90 Å². The zero-order valence-corrected chi connectivity index (χ0v) is 14.5. The molecule has 0 amide bonds. The Morgan fingerprint density at radius 3 is 2.77 bits per heavy atom. The highest BCUT2D eigenvalue weighted by Crippen LogP contribution is 2.25. The molecule has 0 saturated carbocycles. The number of hydrogen-bond acceptors (Lipinski definition) is 4. The van der Waals surface area contributed by atoms with E-state index in [9.17, 15) is 0 Å². The lowest BCUT2D eigenvalue weighted by Gasteiger charge is -2.44. The molecule has 128 valence electrons. The van der Waals surface area contributed by atoms with E-state index in [1.165, 1.54) is 90.9 Å². The maximum absolute atomic E-state index is 3.66. The Kier molecular flexibility index (Phi) is 6.54. The van der Waals surface area contributed by atoms with Crippen molar-refractivity contribution in [2.24, 2.45) is 5.92 Å². The smallest absolute Gasteiger partial charge is 0.0262 e. The fourth-order valence-corrected chi connectivity index (χ4v) is 4.80. The molecule has 3 aliphatic rings. The summed E-state index contributed by atoms with van der Waals surface area (Å²) in [5.41, 5.74) is 0. The molecule has 22 heavy (non-hydrogen) atoms. The van der Waals surface area contributed by atoms with E-state index < -0.39 is 0 Å². The van der Waals surface area contributed by atoms with Gasteiger partial charge in [0.05, 0.1) is 0 Å². The molecular weight excluding hydrogens is 272 g/mol. The van der Waals surface area contributed by atoms with Gasteiger partial charge < -0.3 is 15.5 Å². The lowest BCUT2D eigenvalue weighted by Crippen LogP contribution is -2.56. The highest BCUT2D eigenvalue weighted by atomic mass is 15.2. The first-order chi connectivity index (χ1) is 10.9. The van der Waals surface area contributed by atoms with Crippen LogP contribution in [0.5, 0.6) is 0 Å². The zero-order chi connectivity index (χ0) is 15.2. The van der Waals surface area contributed by atoms with Crippen LogP contribution in [0.1, 0.15) is 45.4 Å². The van der Waals surface area contributed by atoms with E-state index in [0.717, 1.165) is 18.0 Å². The Morgan fingerprint density at radius 2 is 1.86 bits per heavy atom. The third kappa shape index (κ3) is 4.22. The van der Waals surface area contributed by atoms with E-state index in [1.807, 2.05) is 0 Å². The van der Waals surface area contributed by atoms with Crippen LogP contribution in [0.3, 0.4) is 0 Å². The van der Waals surface area contributed by atoms with Crippen molar-refractivity contribution < 1.29 is 0 Å². The molecular formula is C18H36N4. The number of hydrogen-bond donors (Lipinski definition) is 2. The molecule has 3 heterocycles. The van der Waals surface area contributed by atoms with Gasteiger partial charge in [-0.1, -0.05) is 13.3 Å². The minimum atomic E-state index is 0.757. The summed E-state index contributed by atoms with van der Waals surface area (Å²) in [6.45, 7) is 12.4. The number of nitrogens with one attached hydrogen (secondary N) is 2. The molecule has 0 aromatic rings. The van der Waals surface area contributed by atoms with Crippen molar-refractivity contribution in [3.8, 4) is 0 Å². The van der Waals surface area contributed by atoms with Crippen LogP contribution >= 0.6 is 0 Å². The topological polar surface area (TPSA) is 30.5 Å². The average Bonchev–Trinajstić information content (AvgIpc) is 2.85. The van der Waals surface area contributed by atoms with Gasteiger partial charge in [0.2, 0.25) is 0 Å². The first-order valence-corrected chi connectivity index (χ1v) is 9.78. The SMILES string of the molecule is CCC1CCCCN1CC1CCNCC1N1CCCNCC1. The summed E-state index contributed by atoms with van der Waals surface area (Å²) < 4.78 is 0. The number of nitrogens with zero attached hydrogens (tertiary/aromatic N) is 2. The van der Waals surface area contributed by atoms with Gasteiger partial charge >= 0.3 is 0 Å². The maximum atomic E-state index is 3.66. The lowest BCUT2D eigenvalue weighted by atomic mass is 9.88. The van der Waals surface area contributed by atoms with Crippen molar-refractivity contribution in [2.75, 3.05) is 52.4 Å². The number of likely N-dealkylation sites (tertiary alicyclic amines) is 1. The molecule has 3 unspecified atom stereocenters. The predicted octanol–water partition coefficient (Wildman–Crippen LogP) is 1.52. The summed E-state index contributed by atoms with van der Waals surface area (Å²) in [7, 11) is 0. The molecule has 0 aliphatic carbocycles. The highest BCUT2D eigenvalue weighted by Gasteiger charge is 2.33. The molecule has 0 radical (unpaired) electrons. The van der Waals surface area contributed by atoms with Gasteiger partial charge in [-0.05, 0) is 64.2 Å². The van der Waals surface area contributed by atoms with Crippen LogP contribution in [0.15, 0.2) is 0 Å². The summed E-state index contributed by atoms with van der Waals surface area (Å²) in [5, 5.41) is 7.22. The van der Waals surface area contributed by atoms with E-state index in [1.54, 1.807) is 0 Å². The van der Waals surface area contributed by atoms with Gasteiger partial charge in [0.25, 0.3) is 0 Å². The normalized spacial score (nSPS) is 36.1. The van der Waals surface area contributed by atoms with E-state index in [4.69, 9.17) is 0 Å². The van der Waals surface area contributed by atoms with Gasteiger partial charge in [0.15, 0.2) is 0 Å². The molecule has 3 rings (SSSR count). The highest BCUT2D eigenvalue weighted by molar-refractivity contribution is 4.90. The standard InChI is InChI=1S/C18H36N4/c1-2-17-6-3-4-11-22(17)15-16-7-9-20-14-18(16)21-12-5-8-19-10-13-21/h16-20H,2-15H2,1H3. The van der Waals surface area contributed by atoms with Crippen molar-refractivity contribution in [1.82, 2.24) is 20.4 Å². The van der Waals surface area contributed by atoms with E-state index in [-0.39, 0.29) is 0 Å². The number of rotatable bonds is 4. The van der Waals surface area contributed by atoms with Crippen LogP contribution in [-0.2, 0) is 0 Å². The van der Waals surface area contributed by atoms with Crippen molar-refractivity contribution in [2.45, 2.75) is 57.5 Å². The quantitative estimate of drug-likeness (QED) is 0.824. The maximum Gasteiger partial charge on any atom is 0.0262 e. The summed E-state index contributed by atoms with van der Waals surface area (Å²) >= 11 is 0. The zero-order valence-electron chi connectivity index (χ0n) is 14.5. The van der Waals surface area contributed by atoms with Crippen molar-refractivity contribution in [3.05, 3.63) is 0 Å². The molecule has 3 fully saturated rings. The molecule has 3 aliphatic heterocycles. The predicted molar refractivity (Wildman–Crippen MR) is 93.3 cm³/mol. The third-order valence-corrected chi connectivity index (χ3v) is 6.12. The van der Waals surface area contributed by atoms with Gasteiger partial charge in [0.1, 0.15) is 0 Å². The van der Waals surface area contributed by atoms with Crippen LogP contribution in [-0.4, -0.2) is 74.2 Å². The Hall–Kier alpha value is -0.160. The van der Waals surface area contributed by atoms with E-state index >= 15 is 0 Å². The second kappa shape index (κ2) is 8.62. The van der Waals surface area contributed by atoms with E-state index in [0.29, 0.717) is 0 Å². The van der Waals surface area contributed by atoms with Crippen molar-refractivity contribution >= 4 is 0 Å². The summed E-state index contributed by atoms with van der Waals surface area (Å²) in [4.78, 5) is 5.62. The Labute approximate surface area is 137 Å². The minimum absolute atomic E-state index is 0.757. The molecule has 2 N–H and O–H groups in total. The average molecular weight is 309 g/mol. The Balaban J connectivity index is 1.61. The minimum Gasteiger partial charge on any atom is -0.315 e. The van der Waals surface area contributed by atoms with Crippen molar-refractivity contribution in [3.63, 3.8) is 0 Å². The molecule has 0 spiro atoms. The van der Waals surface area contributed by atoms with Crippen molar-refractivity contribution in [1.29, 1.82) is 0 Å². The first-order valence-electron chi connectivity index (χ1n) is 9.78.